The second-order valence-electron chi connectivity index (χ2n) is 7.51. The summed E-state index contributed by atoms with van der Waals surface area (Å²) in [6, 6.07) is 12.8. The largest absolute Gasteiger partial charge is 0.470 e. The molecular formula is C23H20N6O3S. The van der Waals surface area contributed by atoms with Gasteiger partial charge in [-0.05, 0) is 36.6 Å². The van der Waals surface area contributed by atoms with Crippen LogP contribution in [-0.4, -0.2) is 48.5 Å². The molecule has 0 bridgehead atoms. The van der Waals surface area contributed by atoms with Crippen LogP contribution in [-0.2, 0) is 6.61 Å². The normalized spacial score (nSPS) is 12.2. The zero-order valence-electron chi connectivity index (χ0n) is 17.7. The van der Waals surface area contributed by atoms with E-state index in [1.54, 1.807) is 34.9 Å². The van der Waals surface area contributed by atoms with E-state index >= 15 is 0 Å². The van der Waals surface area contributed by atoms with Gasteiger partial charge in [0.1, 0.15) is 6.61 Å². The Bertz CT molecular complexity index is 1420. The molecule has 166 valence electrons. The molecule has 0 aliphatic carbocycles. The molecule has 0 aliphatic heterocycles. The van der Waals surface area contributed by atoms with Crippen molar-refractivity contribution in [3.05, 3.63) is 70.7 Å². The minimum absolute atomic E-state index is 0.128. The molecule has 2 N–H and O–H groups in total. The number of nitrogens with one attached hydrogen (secondary N) is 1. The fraction of sp³-hybridized carbons (Fsp3) is 0.174. The van der Waals surface area contributed by atoms with Crippen LogP contribution in [0.15, 0.2) is 59.4 Å². The van der Waals surface area contributed by atoms with Gasteiger partial charge in [-0.3, -0.25) is 9.78 Å². The van der Waals surface area contributed by atoms with Crippen molar-refractivity contribution in [3.8, 4) is 17.3 Å². The average Bonchev–Trinajstić information content (AvgIpc) is 3.52. The molecular weight excluding hydrogens is 440 g/mol. The van der Waals surface area contributed by atoms with Crippen LogP contribution in [0.1, 0.15) is 23.0 Å². The Balaban J connectivity index is 1.43. The Hall–Kier alpha value is -3.89. The molecule has 1 aromatic carbocycles. The van der Waals surface area contributed by atoms with E-state index in [-0.39, 0.29) is 25.2 Å². The lowest BCUT2D eigenvalue weighted by Gasteiger charge is -2.11. The monoisotopic (exact) mass is 460 g/mol. The number of aromatic nitrogens is 5. The van der Waals surface area contributed by atoms with E-state index in [9.17, 15) is 4.79 Å². The van der Waals surface area contributed by atoms with Crippen molar-refractivity contribution in [2.75, 3.05) is 6.61 Å². The second-order valence-corrected chi connectivity index (χ2v) is 8.29. The highest BCUT2D eigenvalue weighted by Gasteiger charge is 2.17. The number of hydrogen-bond acceptors (Lipinski definition) is 8. The minimum atomic E-state index is -0.327. The molecule has 0 spiro atoms. The van der Waals surface area contributed by atoms with Gasteiger partial charge in [0.25, 0.3) is 5.91 Å². The maximum absolute atomic E-state index is 12.2. The van der Waals surface area contributed by atoms with Gasteiger partial charge >= 0.3 is 0 Å². The molecule has 0 saturated heterocycles. The third kappa shape index (κ3) is 4.13. The van der Waals surface area contributed by atoms with E-state index in [4.69, 9.17) is 9.84 Å². The number of fused-ring (bicyclic) bond motifs is 3. The van der Waals surface area contributed by atoms with Gasteiger partial charge in [0, 0.05) is 34.0 Å². The first-order valence-corrected chi connectivity index (χ1v) is 11.2. The zero-order valence-corrected chi connectivity index (χ0v) is 18.5. The predicted octanol–water partition coefficient (Wildman–Crippen LogP) is 3.09. The lowest BCUT2D eigenvalue weighted by atomic mass is 10.2. The summed E-state index contributed by atoms with van der Waals surface area (Å²) < 4.78 is 7.75. The zero-order chi connectivity index (χ0) is 22.8. The lowest BCUT2D eigenvalue weighted by Crippen LogP contribution is -2.35. The van der Waals surface area contributed by atoms with Crippen LogP contribution >= 0.6 is 11.3 Å². The number of thiophene rings is 1. The molecule has 0 fully saturated rings. The number of pyridine rings is 1. The minimum Gasteiger partial charge on any atom is -0.470 e. The van der Waals surface area contributed by atoms with Gasteiger partial charge < -0.3 is 15.2 Å². The van der Waals surface area contributed by atoms with Crippen molar-refractivity contribution in [1.82, 2.24) is 30.1 Å². The maximum Gasteiger partial charge on any atom is 0.253 e. The van der Waals surface area contributed by atoms with Crippen LogP contribution in [0, 0.1) is 0 Å². The van der Waals surface area contributed by atoms with Gasteiger partial charge in [-0.1, -0.05) is 18.2 Å². The van der Waals surface area contributed by atoms with Crippen LogP contribution in [0.5, 0.6) is 5.88 Å². The van der Waals surface area contributed by atoms with E-state index in [2.05, 4.69) is 25.6 Å². The molecule has 4 heterocycles. The highest BCUT2D eigenvalue weighted by atomic mass is 32.1. The Labute approximate surface area is 192 Å². The van der Waals surface area contributed by atoms with E-state index < -0.39 is 0 Å². The maximum atomic E-state index is 12.2. The fourth-order valence-electron chi connectivity index (χ4n) is 3.37. The third-order valence-corrected chi connectivity index (χ3v) is 5.79. The van der Waals surface area contributed by atoms with Gasteiger partial charge in [0.15, 0.2) is 11.5 Å². The molecule has 5 aromatic rings. The smallest absolute Gasteiger partial charge is 0.253 e. The number of nitrogens with zero attached hydrogens (tertiary/aromatic N) is 5. The van der Waals surface area contributed by atoms with Crippen molar-refractivity contribution in [3.63, 3.8) is 0 Å². The Kier molecular flexibility index (Phi) is 5.68. The molecule has 1 amide bonds. The number of rotatable bonds is 7. The molecule has 1 atom stereocenters. The highest BCUT2D eigenvalue weighted by Crippen LogP contribution is 2.29. The highest BCUT2D eigenvalue weighted by molar-refractivity contribution is 7.08. The number of hydrogen-bond donors (Lipinski definition) is 2. The second kappa shape index (κ2) is 8.93. The van der Waals surface area contributed by atoms with Gasteiger partial charge in [0.2, 0.25) is 5.88 Å². The van der Waals surface area contributed by atoms with Gasteiger partial charge in [-0.2, -0.15) is 15.9 Å². The van der Waals surface area contributed by atoms with Crippen molar-refractivity contribution in [1.29, 1.82) is 0 Å². The van der Waals surface area contributed by atoms with Crippen LogP contribution in [0.4, 0.5) is 0 Å². The molecule has 0 unspecified atom stereocenters. The van der Waals surface area contributed by atoms with Crippen molar-refractivity contribution in [2.24, 2.45) is 0 Å². The number of benzene rings is 1. The standard InChI is InChI=1S/C23H20N6O3S/c1-14(11-30)25-22(31)15-6-7-17(24-10-15)12-32-23-19-5-3-2-4-18(19)21-27-26-20(29(21)28-23)16-8-9-33-13-16/h2-10,13-14,30H,11-12H2,1H3,(H,25,31)/t14-/m1/s1. The van der Waals surface area contributed by atoms with Gasteiger partial charge in [-0.15, -0.1) is 15.3 Å². The van der Waals surface area contributed by atoms with E-state index in [0.717, 1.165) is 16.3 Å². The van der Waals surface area contributed by atoms with Gasteiger partial charge in [-0.25, -0.2) is 0 Å². The van der Waals surface area contributed by atoms with Crippen molar-refractivity contribution < 1.29 is 14.6 Å². The average molecular weight is 461 g/mol. The fourth-order valence-corrected chi connectivity index (χ4v) is 4.00. The molecule has 5 rings (SSSR count). The summed E-state index contributed by atoms with van der Waals surface area (Å²) in [5.41, 5.74) is 2.65. The molecule has 0 saturated carbocycles. The first-order chi connectivity index (χ1) is 16.1. The van der Waals surface area contributed by atoms with Crippen LogP contribution in [0.25, 0.3) is 27.8 Å². The summed E-state index contributed by atoms with van der Waals surface area (Å²) in [5.74, 6) is 0.797. The predicted molar refractivity (Wildman–Crippen MR) is 124 cm³/mol. The Morgan fingerprint density at radius 3 is 2.76 bits per heavy atom. The molecule has 10 heteroatoms. The third-order valence-electron chi connectivity index (χ3n) is 5.10. The SMILES string of the molecule is C[C@H](CO)NC(=O)c1ccc(COc2nn3c(-c4ccsc4)nnc3c3ccccc23)nc1. The van der Waals surface area contributed by atoms with Crippen LogP contribution in [0.2, 0.25) is 0 Å². The summed E-state index contributed by atoms with van der Waals surface area (Å²) in [6.45, 7) is 1.77. The number of aliphatic hydroxyl groups is 1. The first-order valence-electron chi connectivity index (χ1n) is 10.3. The molecule has 0 radical (unpaired) electrons. The summed E-state index contributed by atoms with van der Waals surface area (Å²) in [6.07, 6.45) is 1.49. The summed E-state index contributed by atoms with van der Waals surface area (Å²) in [4.78, 5) is 16.5. The molecule has 9 nitrogen and oxygen atoms in total. The molecule has 4 aromatic heterocycles. The first kappa shape index (κ1) is 21.0. The van der Waals surface area contributed by atoms with Crippen LogP contribution < -0.4 is 10.1 Å². The van der Waals surface area contributed by atoms with Crippen LogP contribution in [0.3, 0.4) is 0 Å². The summed E-state index contributed by atoms with van der Waals surface area (Å²) in [5, 5.41) is 30.8. The number of ether oxygens (including phenoxy) is 1. The van der Waals surface area contributed by atoms with Crippen molar-refractivity contribution in [2.45, 2.75) is 19.6 Å². The van der Waals surface area contributed by atoms with E-state index in [0.29, 0.717) is 28.6 Å². The number of aliphatic hydroxyl groups excluding tert-OH is 1. The van der Waals surface area contributed by atoms with Gasteiger partial charge in [0.05, 0.1) is 17.9 Å². The number of amides is 1. The quantitative estimate of drug-likeness (QED) is 0.384. The molecule has 33 heavy (non-hydrogen) atoms. The van der Waals surface area contributed by atoms with E-state index in [1.807, 2.05) is 41.1 Å². The Morgan fingerprint density at radius 2 is 2.03 bits per heavy atom. The number of carbonyl (C=O) groups is 1. The Morgan fingerprint density at radius 1 is 1.18 bits per heavy atom. The lowest BCUT2D eigenvalue weighted by molar-refractivity contribution is 0.0922. The number of carbonyl (C=O) groups excluding carboxylic acids is 1. The topological polar surface area (TPSA) is 115 Å². The summed E-state index contributed by atoms with van der Waals surface area (Å²) >= 11 is 1.58. The summed E-state index contributed by atoms with van der Waals surface area (Å²) in [7, 11) is 0. The molecule has 0 aliphatic rings. The van der Waals surface area contributed by atoms with E-state index in [1.165, 1.54) is 6.20 Å². The van der Waals surface area contributed by atoms with Crippen molar-refractivity contribution >= 4 is 33.7 Å².